The number of benzene rings is 2. The van der Waals surface area contributed by atoms with Crippen molar-refractivity contribution in [3.63, 3.8) is 0 Å². The van der Waals surface area contributed by atoms with Gasteiger partial charge >= 0.3 is 0 Å². The van der Waals surface area contributed by atoms with E-state index in [2.05, 4.69) is 10.6 Å². The summed E-state index contributed by atoms with van der Waals surface area (Å²) in [6.45, 7) is 3.73. The summed E-state index contributed by atoms with van der Waals surface area (Å²) < 4.78 is 5.30. The van der Waals surface area contributed by atoms with Gasteiger partial charge in [0.15, 0.2) is 0 Å². The van der Waals surface area contributed by atoms with Crippen LogP contribution in [0.1, 0.15) is 22.8 Å². The minimum Gasteiger partial charge on any atom is -0.495 e. The molecule has 0 spiro atoms. The van der Waals surface area contributed by atoms with Crippen LogP contribution in [0.5, 0.6) is 5.75 Å². The molecule has 0 aromatic heterocycles. The molecule has 0 radical (unpaired) electrons. The van der Waals surface area contributed by atoms with E-state index in [1.807, 2.05) is 25.1 Å². The van der Waals surface area contributed by atoms with Gasteiger partial charge in [0.1, 0.15) is 11.8 Å². The highest BCUT2D eigenvalue weighted by Crippen LogP contribution is 2.26. The van der Waals surface area contributed by atoms with Crippen molar-refractivity contribution in [2.45, 2.75) is 19.9 Å². The lowest BCUT2D eigenvalue weighted by Crippen LogP contribution is -2.32. The molecule has 0 aliphatic heterocycles. The third-order valence-electron chi connectivity index (χ3n) is 3.56. The van der Waals surface area contributed by atoms with Crippen LogP contribution < -0.4 is 21.1 Å². The first kappa shape index (κ1) is 17.3. The van der Waals surface area contributed by atoms with Crippen LogP contribution in [0.25, 0.3) is 0 Å². The third kappa shape index (κ3) is 4.25. The van der Waals surface area contributed by atoms with Crippen molar-refractivity contribution in [1.82, 2.24) is 0 Å². The van der Waals surface area contributed by atoms with Crippen LogP contribution in [0.15, 0.2) is 42.5 Å². The summed E-state index contributed by atoms with van der Waals surface area (Å²) in [5, 5.41) is 5.93. The van der Waals surface area contributed by atoms with E-state index in [0.29, 0.717) is 17.0 Å². The minimum absolute atomic E-state index is 0.203. The van der Waals surface area contributed by atoms with Crippen molar-refractivity contribution in [2.24, 2.45) is 5.73 Å². The van der Waals surface area contributed by atoms with Gasteiger partial charge in [0.05, 0.1) is 12.8 Å². The average Bonchev–Trinajstić information content (AvgIpc) is 2.55. The number of hydrogen-bond acceptors (Lipinski definition) is 4. The van der Waals surface area contributed by atoms with Gasteiger partial charge in [-0.25, -0.2) is 0 Å². The van der Waals surface area contributed by atoms with Gasteiger partial charge in [-0.3, -0.25) is 9.59 Å². The Labute approximate surface area is 141 Å². The number of hydrogen-bond donors (Lipinski definition) is 3. The summed E-state index contributed by atoms with van der Waals surface area (Å²) in [5.74, 6) is -0.0362. The molecule has 2 amide bonds. The van der Waals surface area contributed by atoms with E-state index < -0.39 is 11.9 Å². The molecule has 6 heteroatoms. The molecular weight excluding hydrogens is 306 g/mol. The number of amides is 2. The first-order chi connectivity index (χ1) is 11.4. The van der Waals surface area contributed by atoms with Crippen molar-refractivity contribution in [3.05, 3.63) is 53.6 Å². The summed E-state index contributed by atoms with van der Waals surface area (Å²) in [7, 11) is 1.58. The van der Waals surface area contributed by atoms with Crippen LogP contribution in [-0.2, 0) is 4.79 Å². The van der Waals surface area contributed by atoms with Crippen LogP contribution in [0.3, 0.4) is 0 Å². The molecule has 0 saturated carbocycles. The lowest BCUT2D eigenvalue weighted by Gasteiger charge is -2.18. The molecule has 0 aliphatic carbocycles. The SMILES string of the molecule is COc1ccc(C)cc1N[C@@H](C)C(=O)Nc1ccc(C(N)=O)cc1. The molecule has 24 heavy (non-hydrogen) atoms. The number of carbonyl (C=O) groups excluding carboxylic acids is 2. The number of nitrogens with two attached hydrogens (primary N) is 1. The van der Waals surface area contributed by atoms with E-state index in [4.69, 9.17) is 10.5 Å². The average molecular weight is 327 g/mol. The summed E-state index contributed by atoms with van der Waals surface area (Å²) in [6, 6.07) is 11.6. The molecular formula is C18H21N3O3. The molecule has 0 fully saturated rings. The lowest BCUT2D eigenvalue weighted by molar-refractivity contribution is -0.116. The zero-order valence-corrected chi connectivity index (χ0v) is 13.9. The fourth-order valence-corrected chi connectivity index (χ4v) is 2.20. The first-order valence-electron chi connectivity index (χ1n) is 7.52. The molecule has 4 N–H and O–H groups in total. The standard InChI is InChI=1S/C18H21N3O3/c1-11-4-9-16(24-3)15(10-11)20-12(2)18(23)21-14-7-5-13(6-8-14)17(19)22/h4-10,12,20H,1-3H3,(H2,19,22)(H,21,23)/t12-/m0/s1. The smallest absolute Gasteiger partial charge is 0.248 e. The molecule has 2 rings (SSSR count). The van der Waals surface area contributed by atoms with E-state index in [-0.39, 0.29) is 5.91 Å². The second-order valence-electron chi connectivity index (χ2n) is 5.50. The maximum Gasteiger partial charge on any atom is 0.248 e. The summed E-state index contributed by atoms with van der Waals surface area (Å²) in [5.41, 5.74) is 7.99. The van der Waals surface area contributed by atoms with Crippen LogP contribution in [0, 0.1) is 6.92 Å². The van der Waals surface area contributed by atoms with Gasteiger partial charge in [-0.15, -0.1) is 0 Å². The van der Waals surface area contributed by atoms with E-state index in [0.717, 1.165) is 11.3 Å². The zero-order chi connectivity index (χ0) is 17.7. The van der Waals surface area contributed by atoms with Gasteiger partial charge < -0.3 is 21.1 Å². The Morgan fingerprint density at radius 2 is 1.79 bits per heavy atom. The normalized spacial score (nSPS) is 11.5. The van der Waals surface area contributed by atoms with E-state index in [9.17, 15) is 9.59 Å². The number of aryl methyl sites for hydroxylation is 1. The number of nitrogens with one attached hydrogen (secondary N) is 2. The number of methoxy groups -OCH3 is 1. The van der Waals surface area contributed by atoms with Gasteiger partial charge in [0.2, 0.25) is 11.8 Å². The number of primary amides is 1. The predicted octanol–water partition coefficient (Wildman–Crippen LogP) is 2.54. The second-order valence-corrected chi connectivity index (χ2v) is 5.50. The number of carbonyl (C=O) groups is 2. The van der Waals surface area contributed by atoms with Crippen molar-refractivity contribution in [2.75, 3.05) is 17.7 Å². The van der Waals surface area contributed by atoms with E-state index >= 15 is 0 Å². The molecule has 1 atom stereocenters. The highest BCUT2D eigenvalue weighted by Gasteiger charge is 2.15. The van der Waals surface area contributed by atoms with E-state index in [1.54, 1.807) is 38.3 Å². The number of anilines is 2. The van der Waals surface area contributed by atoms with Crippen molar-refractivity contribution in [3.8, 4) is 5.75 Å². The molecule has 126 valence electrons. The number of rotatable bonds is 6. The molecule has 0 unspecified atom stereocenters. The maximum atomic E-state index is 12.3. The maximum absolute atomic E-state index is 12.3. The minimum atomic E-state index is -0.505. The van der Waals surface area contributed by atoms with Crippen molar-refractivity contribution in [1.29, 1.82) is 0 Å². The first-order valence-corrected chi connectivity index (χ1v) is 7.52. The molecule has 0 heterocycles. The largest absolute Gasteiger partial charge is 0.495 e. The van der Waals surface area contributed by atoms with Gasteiger partial charge in [0, 0.05) is 11.3 Å². The highest BCUT2D eigenvalue weighted by atomic mass is 16.5. The Bertz CT molecular complexity index is 742. The summed E-state index contributed by atoms with van der Waals surface area (Å²) in [4.78, 5) is 23.4. The van der Waals surface area contributed by atoms with Gasteiger partial charge in [-0.05, 0) is 55.8 Å². The van der Waals surface area contributed by atoms with Gasteiger partial charge in [0.25, 0.3) is 0 Å². The Morgan fingerprint density at radius 3 is 2.38 bits per heavy atom. The van der Waals surface area contributed by atoms with Gasteiger partial charge in [-0.2, -0.15) is 0 Å². The highest BCUT2D eigenvalue weighted by molar-refractivity contribution is 5.97. The molecule has 6 nitrogen and oxygen atoms in total. The Morgan fingerprint density at radius 1 is 1.12 bits per heavy atom. The molecule has 2 aromatic rings. The Balaban J connectivity index is 2.04. The predicted molar refractivity (Wildman–Crippen MR) is 94.4 cm³/mol. The van der Waals surface area contributed by atoms with Crippen molar-refractivity contribution < 1.29 is 14.3 Å². The van der Waals surface area contributed by atoms with Crippen LogP contribution in [0.2, 0.25) is 0 Å². The monoisotopic (exact) mass is 327 g/mol. The van der Waals surface area contributed by atoms with Crippen LogP contribution in [0.4, 0.5) is 11.4 Å². The number of ether oxygens (including phenoxy) is 1. The Hall–Kier alpha value is -3.02. The molecule has 0 bridgehead atoms. The lowest BCUT2D eigenvalue weighted by atomic mass is 10.1. The summed E-state index contributed by atoms with van der Waals surface area (Å²) in [6.07, 6.45) is 0. The topological polar surface area (TPSA) is 93.4 Å². The quantitative estimate of drug-likeness (QED) is 0.760. The fourth-order valence-electron chi connectivity index (χ4n) is 2.20. The van der Waals surface area contributed by atoms with Crippen molar-refractivity contribution >= 4 is 23.2 Å². The molecule has 0 saturated heterocycles. The van der Waals surface area contributed by atoms with Crippen LogP contribution >= 0.6 is 0 Å². The molecule has 0 aliphatic rings. The third-order valence-corrected chi connectivity index (χ3v) is 3.56. The Kier molecular flexibility index (Phi) is 5.42. The summed E-state index contributed by atoms with van der Waals surface area (Å²) >= 11 is 0. The second kappa shape index (κ2) is 7.50. The molecule has 2 aromatic carbocycles. The fraction of sp³-hybridized carbons (Fsp3) is 0.222. The zero-order valence-electron chi connectivity index (χ0n) is 13.9. The van der Waals surface area contributed by atoms with E-state index in [1.165, 1.54) is 0 Å². The van der Waals surface area contributed by atoms with Gasteiger partial charge in [-0.1, -0.05) is 6.07 Å². The van der Waals surface area contributed by atoms with Crippen LogP contribution in [-0.4, -0.2) is 25.0 Å².